The number of ether oxygens (including phenoxy) is 7. The van der Waals surface area contributed by atoms with Gasteiger partial charge in [-0.1, -0.05) is 50.3 Å². The molecule has 9 nitrogen and oxygen atoms in total. The Labute approximate surface area is 253 Å². The molecule has 0 aromatic heterocycles. The number of cyclic esters (lactones) is 1. The van der Waals surface area contributed by atoms with Gasteiger partial charge in [-0.15, -0.1) is 0 Å². The number of esters is 2. The predicted molar refractivity (Wildman–Crippen MR) is 161 cm³/mol. The molecule has 1 saturated heterocycles. The third-order valence-electron chi connectivity index (χ3n) is 7.22. The highest BCUT2D eigenvalue weighted by Gasteiger charge is 2.45. The maximum absolute atomic E-state index is 13.6. The van der Waals surface area contributed by atoms with E-state index >= 15 is 0 Å². The molecule has 0 amide bonds. The van der Waals surface area contributed by atoms with Crippen LogP contribution < -0.4 is 9.47 Å². The molecule has 0 saturated carbocycles. The number of benzene rings is 2. The summed E-state index contributed by atoms with van der Waals surface area (Å²) in [5, 5.41) is 0. The highest BCUT2D eigenvalue weighted by atomic mass is 16.8. The Kier molecular flexibility index (Phi) is 11.0. The van der Waals surface area contributed by atoms with E-state index in [1.807, 2.05) is 58.9 Å². The van der Waals surface area contributed by atoms with Crippen LogP contribution >= 0.6 is 0 Å². The van der Waals surface area contributed by atoms with Crippen molar-refractivity contribution in [3.63, 3.8) is 0 Å². The standard InChI is InChI=1S/C34H42O9/c1-7-18-38-26-19-25-14-11-15-28-31(43-34(4,5)42-28)27(41-32(35)24-12-9-8-10-13-24)17-16-22(2)23(3)40-33(36)30(25)29(20-26)39-21-37-6/h8-14,16-17,19-20,22-23,27-28,31H,7,15,18,21H2,1-6H3/b14-11?,17-16-/t22-,23?,27?,28?,31?/m1/s1. The molecule has 2 aromatic rings. The van der Waals surface area contributed by atoms with E-state index in [1.165, 1.54) is 7.11 Å². The van der Waals surface area contributed by atoms with Crippen molar-refractivity contribution in [1.29, 1.82) is 0 Å². The summed E-state index contributed by atoms with van der Waals surface area (Å²) in [6.07, 6.45) is 6.32. The summed E-state index contributed by atoms with van der Waals surface area (Å²) in [5.41, 5.74) is 1.27. The van der Waals surface area contributed by atoms with E-state index in [4.69, 9.17) is 33.2 Å². The normalized spacial score (nSPS) is 25.9. The van der Waals surface area contributed by atoms with E-state index in [0.717, 1.165) is 6.42 Å². The van der Waals surface area contributed by atoms with E-state index in [0.29, 0.717) is 35.7 Å². The number of rotatable bonds is 8. The first-order chi connectivity index (χ1) is 20.6. The van der Waals surface area contributed by atoms with Gasteiger partial charge in [0.05, 0.1) is 18.3 Å². The molecule has 2 heterocycles. The molecule has 5 atom stereocenters. The highest BCUT2D eigenvalue weighted by molar-refractivity contribution is 5.97. The second-order valence-electron chi connectivity index (χ2n) is 11.2. The Balaban J connectivity index is 1.74. The number of hydrogen-bond donors (Lipinski definition) is 0. The zero-order valence-electron chi connectivity index (χ0n) is 25.7. The van der Waals surface area contributed by atoms with Gasteiger partial charge in [0.15, 0.2) is 12.6 Å². The van der Waals surface area contributed by atoms with Gasteiger partial charge in [0.1, 0.15) is 35.4 Å². The molecule has 4 rings (SSSR count). The van der Waals surface area contributed by atoms with Crippen LogP contribution in [0, 0.1) is 5.92 Å². The molecule has 2 aliphatic rings. The summed E-state index contributed by atoms with van der Waals surface area (Å²) in [4.78, 5) is 26.7. The SMILES string of the molecule is CCCOc1cc2c(c(OCOC)c1)C(=O)OC(C)[C@H](C)/C=C\C(OC(=O)c1ccccc1)C1OC(C)(C)OC1CC=C2. The zero-order valence-corrected chi connectivity index (χ0v) is 25.7. The van der Waals surface area contributed by atoms with Gasteiger partial charge in [-0.2, -0.15) is 0 Å². The lowest BCUT2D eigenvalue weighted by molar-refractivity contribution is -0.152. The molecular weight excluding hydrogens is 552 g/mol. The quantitative estimate of drug-likeness (QED) is 0.196. The summed E-state index contributed by atoms with van der Waals surface area (Å²) in [5.74, 6) is -1.28. The van der Waals surface area contributed by atoms with E-state index < -0.39 is 42.1 Å². The molecule has 2 aliphatic heterocycles. The topological polar surface area (TPSA) is 98.8 Å². The average Bonchev–Trinajstić information content (AvgIpc) is 3.30. The molecule has 43 heavy (non-hydrogen) atoms. The number of hydrogen-bond acceptors (Lipinski definition) is 9. The van der Waals surface area contributed by atoms with Gasteiger partial charge in [0, 0.05) is 19.1 Å². The third kappa shape index (κ3) is 8.46. The average molecular weight is 595 g/mol. The molecule has 0 N–H and O–H groups in total. The van der Waals surface area contributed by atoms with Gasteiger partial charge >= 0.3 is 11.9 Å². The lowest BCUT2D eigenvalue weighted by Gasteiger charge is -2.25. The summed E-state index contributed by atoms with van der Waals surface area (Å²) in [7, 11) is 1.51. The lowest BCUT2D eigenvalue weighted by atomic mass is 9.98. The molecule has 0 radical (unpaired) electrons. The summed E-state index contributed by atoms with van der Waals surface area (Å²) < 4.78 is 41.4. The number of fused-ring (bicyclic) bond motifs is 2. The molecule has 232 valence electrons. The van der Waals surface area contributed by atoms with Crippen LogP contribution in [0.5, 0.6) is 11.5 Å². The van der Waals surface area contributed by atoms with Crippen molar-refractivity contribution in [2.45, 2.75) is 77.7 Å². The minimum atomic E-state index is -0.902. The summed E-state index contributed by atoms with van der Waals surface area (Å²) in [6, 6.07) is 12.3. The Hall–Kier alpha value is -3.66. The van der Waals surface area contributed by atoms with Crippen molar-refractivity contribution in [2.24, 2.45) is 5.92 Å². The first-order valence-corrected chi connectivity index (χ1v) is 14.7. The van der Waals surface area contributed by atoms with Crippen LogP contribution in [0.3, 0.4) is 0 Å². The largest absolute Gasteiger partial charge is 0.493 e. The van der Waals surface area contributed by atoms with Gasteiger partial charge in [0.2, 0.25) is 0 Å². The van der Waals surface area contributed by atoms with Crippen LogP contribution in [0.4, 0.5) is 0 Å². The fraction of sp³-hybridized carbons (Fsp3) is 0.471. The second kappa shape index (κ2) is 14.7. The summed E-state index contributed by atoms with van der Waals surface area (Å²) >= 11 is 0. The van der Waals surface area contributed by atoms with Gasteiger partial charge in [-0.25, -0.2) is 9.59 Å². The van der Waals surface area contributed by atoms with Crippen molar-refractivity contribution < 1.29 is 42.7 Å². The maximum Gasteiger partial charge on any atom is 0.342 e. The summed E-state index contributed by atoms with van der Waals surface area (Å²) in [6.45, 7) is 9.88. The van der Waals surface area contributed by atoms with E-state index in [1.54, 1.807) is 42.5 Å². The van der Waals surface area contributed by atoms with Crippen molar-refractivity contribution in [2.75, 3.05) is 20.5 Å². The fourth-order valence-corrected chi connectivity index (χ4v) is 4.91. The molecule has 0 bridgehead atoms. The van der Waals surface area contributed by atoms with Crippen molar-refractivity contribution in [1.82, 2.24) is 0 Å². The molecule has 0 aliphatic carbocycles. The molecule has 2 aromatic carbocycles. The molecule has 4 unspecified atom stereocenters. The van der Waals surface area contributed by atoms with Gasteiger partial charge in [0.25, 0.3) is 0 Å². The van der Waals surface area contributed by atoms with Crippen LogP contribution in [0.25, 0.3) is 6.08 Å². The minimum absolute atomic E-state index is 0.0531. The number of carbonyl (C=O) groups is 2. The van der Waals surface area contributed by atoms with E-state index in [9.17, 15) is 9.59 Å². The van der Waals surface area contributed by atoms with Crippen molar-refractivity contribution >= 4 is 18.0 Å². The highest BCUT2D eigenvalue weighted by Crippen LogP contribution is 2.36. The van der Waals surface area contributed by atoms with Crippen LogP contribution in [0.2, 0.25) is 0 Å². The minimum Gasteiger partial charge on any atom is -0.493 e. The third-order valence-corrected chi connectivity index (χ3v) is 7.22. The van der Waals surface area contributed by atoms with Crippen LogP contribution in [0.1, 0.15) is 73.7 Å². The Morgan fingerprint density at radius 1 is 1.05 bits per heavy atom. The van der Waals surface area contributed by atoms with E-state index in [-0.39, 0.29) is 18.3 Å². The van der Waals surface area contributed by atoms with E-state index in [2.05, 4.69) is 0 Å². The Morgan fingerprint density at radius 2 is 1.81 bits per heavy atom. The monoisotopic (exact) mass is 594 g/mol. The first kappa shape index (κ1) is 32.3. The van der Waals surface area contributed by atoms with Gasteiger partial charge < -0.3 is 33.2 Å². The van der Waals surface area contributed by atoms with Gasteiger partial charge in [-0.3, -0.25) is 0 Å². The maximum atomic E-state index is 13.6. The first-order valence-electron chi connectivity index (χ1n) is 14.7. The van der Waals surface area contributed by atoms with Crippen LogP contribution in [-0.4, -0.2) is 62.7 Å². The molecule has 1 fully saturated rings. The molecule has 0 spiro atoms. The Bertz CT molecular complexity index is 1300. The predicted octanol–water partition coefficient (Wildman–Crippen LogP) is 6.36. The second-order valence-corrected chi connectivity index (χ2v) is 11.2. The fourth-order valence-electron chi connectivity index (χ4n) is 4.91. The Morgan fingerprint density at radius 3 is 2.53 bits per heavy atom. The van der Waals surface area contributed by atoms with Crippen LogP contribution in [-0.2, 0) is 23.7 Å². The zero-order chi connectivity index (χ0) is 31.0. The number of carbonyl (C=O) groups excluding carboxylic acids is 2. The molecular formula is C34H42O9. The van der Waals surface area contributed by atoms with Crippen molar-refractivity contribution in [3.8, 4) is 11.5 Å². The lowest BCUT2D eigenvalue weighted by Crippen LogP contribution is -2.37. The smallest absolute Gasteiger partial charge is 0.342 e. The van der Waals surface area contributed by atoms with Crippen molar-refractivity contribution in [3.05, 3.63) is 77.4 Å². The number of methoxy groups -OCH3 is 1. The molecule has 9 heteroatoms. The van der Waals surface area contributed by atoms with Crippen LogP contribution in [0.15, 0.2) is 60.7 Å². The van der Waals surface area contributed by atoms with Gasteiger partial charge in [-0.05, 0) is 63.5 Å².